The average molecular weight is 1050 g/mol. The van der Waals surface area contributed by atoms with Gasteiger partial charge in [0.2, 0.25) is 5.91 Å². The van der Waals surface area contributed by atoms with Crippen LogP contribution in [0, 0.1) is 0 Å². The maximum atomic E-state index is 13.4. The van der Waals surface area contributed by atoms with Crippen LogP contribution in [0.3, 0.4) is 0 Å². The number of unbranched alkanes of at least 4 members (excludes halogenated alkanes) is 32. The molecule has 6 N–H and O–H groups in total. The van der Waals surface area contributed by atoms with Crippen molar-refractivity contribution in [3.63, 3.8) is 0 Å². The molecule has 1 amide bonds. The predicted molar refractivity (Wildman–Crippen MR) is 306 cm³/mol. The number of amides is 1. The highest BCUT2D eigenvalue weighted by Gasteiger charge is 2.47. The average Bonchev–Trinajstić information content (AvgIpc) is 3.40. The van der Waals surface area contributed by atoms with E-state index in [2.05, 4.69) is 62.5 Å². The van der Waals surface area contributed by atoms with E-state index in [-0.39, 0.29) is 19.4 Å². The molecule has 0 aromatic carbocycles. The standard InChI is InChI=1S/C63H115NO10/c1-4-7-10-13-16-19-22-25-26-27-28-29-30-31-32-33-36-39-42-45-48-51-58(68)74-61-60(70)59(69)57(52-65)73-63(61)72-53-54(55(66)49-46-43-40-37-34-23-20-17-14-11-8-5-2)64-62(71)56(67)50-47-44-41-38-35-24-21-18-15-12-9-6-3/h16,19,25-26,35,38,46,49,54-57,59-61,63,65-67,69-70H,4-15,17-18,20-24,27-34,36-37,39-45,47-48,50-53H2,1-3H3,(H,64,71)/b19-16-,26-25-,38-35-,49-46+. The quantitative estimate of drug-likeness (QED) is 0.0195. The molecule has 11 nitrogen and oxygen atoms in total. The highest BCUT2D eigenvalue weighted by molar-refractivity contribution is 5.80. The van der Waals surface area contributed by atoms with Crippen molar-refractivity contribution < 1.29 is 49.3 Å². The molecular weight excluding hydrogens is 931 g/mol. The molecule has 1 aliphatic rings. The summed E-state index contributed by atoms with van der Waals surface area (Å²) in [6.07, 6.45) is 51.5. The SMILES string of the molecule is CCCCC/C=C\C/C=C\CCCCCCCCCCCCCC(=O)OC1C(OCC(NC(=O)C(O)CCCC/C=C\CCCCCCCC)C(O)/C=C/CCCCCCCCCCCC)OC(CO)C(O)C1O. The van der Waals surface area contributed by atoms with Crippen LogP contribution >= 0.6 is 0 Å². The topological polar surface area (TPSA) is 175 Å². The Morgan fingerprint density at radius 3 is 1.42 bits per heavy atom. The second kappa shape index (κ2) is 51.4. The van der Waals surface area contributed by atoms with Gasteiger partial charge in [-0.3, -0.25) is 9.59 Å². The molecule has 1 saturated heterocycles. The first kappa shape index (κ1) is 69.6. The number of ether oxygens (including phenoxy) is 3. The number of hydrogen-bond donors (Lipinski definition) is 6. The number of aliphatic hydroxyl groups excluding tert-OH is 5. The normalized spacial score (nSPS) is 19.6. The fourth-order valence-electron chi connectivity index (χ4n) is 9.50. The Morgan fingerprint density at radius 1 is 0.527 bits per heavy atom. The minimum absolute atomic E-state index is 0.120. The van der Waals surface area contributed by atoms with E-state index in [0.717, 1.165) is 64.2 Å². The minimum atomic E-state index is -1.62. The van der Waals surface area contributed by atoms with Gasteiger partial charge < -0.3 is 45.1 Å². The van der Waals surface area contributed by atoms with Crippen molar-refractivity contribution in [2.75, 3.05) is 13.2 Å². The maximum absolute atomic E-state index is 13.4. The predicted octanol–water partition coefficient (Wildman–Crippen LogP) is 14.4. The molecule has 0 aliphatic carbocycles. The largest absolute Gasteiger partial charge is 0.454 e. The number of hydrogen-bond acceptors (Lipinski definition) is 10. The number of aliphatic hydroxyl groups is 5. The molecule has 1 rings (SSSR count). The summed E-state index contributed by atoms with van der Waals surface area (Å²) in [7, 11) is 0. The van der Waals surface area contributed by atoms with Gasteiger partial charge in [0.25, 0.3) is 0 Å². The molecule has 8 unspecified atom stereocenters. The van der Waals surface area contributed by atoms with Crippen molar-refractivity contribution in [2.45, 2.75) is 327 Å². The van der Waals surface area contributed by atoms with Crippen LogP contribution in [0.4, 0.5) is 0 Å². The van der Waals surface area contributed by atoms with Crippen LogP contribution in [-0.4, -0.2) is 99.6 Å². The molecule has 432 valence electrons. The number of allylic oxidation sites excluding steroid dienone is 7. The summed E-state index contributed by atoms with van der Waals surface area (Å²) in [6, 6.07) is -1.03. The summed E-state index contributed by atoms with van der Waals surface area (Å²) in [4.78, 5) is 26.5. The number of carbonyl (C=O) groups excluding carboxylic acids is 2. The van der Waals surface area contributed by atoms with Gasteiger partial charge in [0, 0.05) is 6.42 Å². The highest BCUT2D eigenvalue weighted by Crippen LogP contribution is 2.26. The van der Waals surface area contributed by atoms with Crippen LogP contribution in [0.15, 0.2) is 48.6 Å². The molecule has 1 aliphatic heterocycles. The van der Waals surface area contributed by atoms with E-state index in [1.165, 1.54) is 167 Å². The van der Waals surface area contributed by atoms with Crippen LogP contribution < -0.4 is 5.32 Å². The Bertz CT molecular complexity index is 1390. The summed E-state index contributed by atoms with van der Waals surface area (Å²) in [5.74, 6) is -1.21. The van der Waals surface area contributed by atoms with E-state index >= 15 is 0 Å². The van der Waals surface area contributed by atoms with Gasteiger partial charge in [0.1, 0.15) is 24.4 Å². The van der Waals surface area contributed by atoms with E-state index in [0.29, 0.717) is 12.8 Å². The lowest BCUT2D eigenvalue weighted by Gasteiger charge is -2.41. The first-order valence-corrected chi connectivity index (χ1v) is 30.9. The Kier molecular flexibility index (Phi) is 48.3. The van der Waals surface area contributed by atoms with Gasteiger partial charge >= 0.3 is 5.97 Å². The monoisotopic (exact) mass is 1050 g/mol. The molecular formula is C63H115NO10. The van der Waals surface area contributed by atoms with Gasteiger partial charge in [0.15, 0.2) is 12.4 Å². The number of rotatable bonds is 52. The highest BCUT2D eigenvalue weighted by atomic mass is 16.7. The molecule has 0 saturated carbocycles. The van der Waals surface area contributed by atoms with Gasteiger partial charge in [-0.05, 0) is 83.5 Å². The van der Waals surface area contributed by atoms with Crippen LogP contribution in [-0.2, 0) is 23.8 Å². The number of nitrogens with one attached hydrogen (secondary N) is 1. The Labute approximate surface area is 453 Å². The van der Waals surface area contributed by atoms with Crippen molar-refractivity contribution in [2.24, 2.45) is 0 Å². The lowest BCUT2D eigenvalue weighted by molar-refractivity contribution is -0.305. The van der Waals surface area contributed by atoms with Crippen LogP contribution in [0.1, 0.15) is 278 Å². The molecule has 0 spiro atoms. The second-order valence-corrected chi connectivity index (χ2v) is 21.4. The minimum Gasteiger partial charge on any atom is -0.454 e. The summed E-state index contributed by atoms with van der Waals surface area (Å²) >= 11 is 0. The van der Waals surface area contributed by atoms with Gasteiger partial charge in [-0.2, -0.15) is 0 Å². The Hall–Kier alpha value is -2.38. The molecule has 11 heteroatoms. The van der Waals surface area contributed by atoms with Gasteiger partial charge in [-0.25, -0.2) is 0 Å². The molecule has 0 bridgehead atoms. The Balaban J connectivity index is 2.65. The zero-order valence-corrected chi connectivity index (χ0v) is 47.7. The van der Waals surface area contributed by atoms with Crippen molar-refractivity contribution in [3.8, 4) is 0 Å². The van der Waals surface area contributed by atoms with Crippen LogP contribution in [0.2, 0.25) is 0 Å². The number of carbonyl (C=O) groups is 2. The van der Waals surface area contributed by atoms with E-state index in [1.54, 1.807) is 6.08 Å². The third-order valence-electron chi connectivity index (χ3n) is 14.5. The van der Waals surface area contributed by atoms with Gasteiger partial charge in [-0.1, -0.05) is 236 Å². The molecule has 0 aromatic rings. The van der Waals surface area contributed by atoms with Gasteiger partial charge in [0.05, 0.1) is 25.4 Å². The maximum Gasteiger partial charge on any atom is 0.306 e. The Morgan fingerprint density at radius 2 is 0.932 bits per heavy atom. The third kappa shape index (κ3) is 39.1. The third-order valence-corrected chi connectivity index (χ3v) is 14.5. The molecule has 0 radical (unpaired) electrons. The molecule has 74 heavy (non-hydrogen) atoms. The first-order valence-electron chi connectivity index (χ1n) is 30.9. The zero-order chi connectivity index (χ0) is 54.0. The summed E-state index contributed by atoms with van der Waals surface area (Å²) in [5, 5.41) is 56.9. The van der Waals surface area contributed by atoms with Crippen LogP contribution in [0.25, 0.3) is 0 Å². The van der Waals surface area contributed by atoms with Crippen molar-refractivity contribution in [1.82, 2.24) is 5.32 Å². The van der Waals surface area contributed by atoms with E-state index < -0.39 is 67.4 Å². The van der Waals surface area contributed by atoms with Crippen LogP contribution in [0.5, 0.6) is 0 Å². The van der Waals surface area contributed by atoms with Crippen molar-refractivity contribution in [3.05, 3.63) is 48.6 Å². The molecule has 8 atom stereocenters. The lowest BCUT2D eigenvalue weighted by atomic mass is 9.99. The van der Waals surface area contributed by atoms with E-state index in [9.17, 15) is 35.1 Å². The zero-order valence-electron chi connectivity index (χ0n) is 47.7. The molecule has 1 heterocycles. The van der Waals surface area contributed by atoms with Gasteiger partial charge in [-0.15, -0.1) is 0 Å². The first-order chi connectivity index (χ1) is 36.2. The summed E-state index contributed by atoms with van der Waals surface area (Å²) in [5.41, 5.74) is 0. The summed E-state index contributed by atoms with van der Waals surface area (Å²) in [6.45, 7) is 5.75. The number of esters is 1. The molecule has 1 fully saturated rings. The smallest absolute Gasteiger partial charge is 0.306 e. The fraction of sp³-hybridized carbons (Fsp3) is 0.841. The van der Waals surface area contributed by atoms with Crippen molar-refractivity contribution >= 4 is 11.9 Å². The summed E-state index contributed by atoms with van der Waals surface area (Å²) < 4.78 is 17.6. The van der Waals surface area contributed by atoms with E-state index in [4.69, 9.17) is 14.2 Å². The molecule has 0 aromatic heterocycles. The lowest BCUT2D eigenvalue weighted by Crippen LogP contribution is -2.61. The van der Waals surface area contributed by atoms with E-state index in [1.807, 2.05) is 6.08 Å². The van der Waals surface area contributed by atoms with Crippen molar-refractivity contribution in [1.29, 1.82) is 0 Å². The second-order valence-electron chi connectivity index (χ2n) is 21.4. The fourth-order valence-corrected chi connectivity index (χ4v) is 9.50.